The first-order chi connectivity index (χ1) is 11.2. The molecule has 2 aliphatic rings. The number of pyridine rings is 1. The lowest BCUT2D eigenvalue weighted by Crippen LogP contribution is -2.16. The SMILES string of the molecule is CC1=Nc2c(c(=O)[nH]n2C2CCCCC2)[C@H](c2cccnc2)S1. The van der Waals surface area contributed by atoms with E-state index in [9.17, 15) is 4.79 Å². The molecule has 1 aliphatic carbocycles. The molecule has 0 amide bonds. The molecule has 0 saturated heterocycles. The standard InChI is InChI=1S/C17H20N4OS/c1-11-19-16-14(15(23-11)12-6-5-9-18-10-12)17(22)20-21(16)13-7-3-2-4-8-13/h5-6,9-10,13,15H,2-4,7-8H2,1H3,(H,20,22)/t15-/m0/s1. The first-order valence-corrected chi connectivity index (χ1v) is 9.08. The van der Waals surface area contributed by atoms with Crippen LogP contribution in [-0.4, -0.2) is 19.8 Å². The summed E-state index contributed by atoms with van der Waals surface area (Å²) < 4.78 is 2.03. The van der Waals surface area contributed by atoms with Crippen LogP contribution < -0.4 is 5.56 Å². The highest BCUT2D eigenvalue weighted by molar-refractivity contribution is 8.14. The van der Waals surface area contributed by atoms with Crippen molar-refractivity contribution in [2.75, 3.05) is 0 Å². The van der Waals surface area contributed by atoms with E-state index >= 15 is 0 Å². The van der Waals surface area contributed by atoms with Gasteiger partial charge in [-0.25, -0.2) is 4.99 Å². The van der Waals surface area contributed by atoms with Crippen molar-refractivity contribution in [2.45, 2.75) is 50.3 Å². The molecule has 1 atom stereocenters. The van der Waals surface area contributed by atoms with Gasteiger partial charge >= 0.3 is 0 Å². The van der Waals surface area contributed by atoms with Crippen LogP contribution in [0.4, 0.5) is 5.82 Å². The third kappa shape index (κ3) is 2.65. The zero-order valence-corrected chi connectivity index (χ0v) is 14.0. The van der Waals surface area contributed by atoms with Crippen LogP contribution in [0, 0.1) is 0 Å². The van der Waals surface area contributed by atoms with E-state index in [1.807, 2.05) is 29.9 Å². The maximum absolute atomic E-state index is 12.6. The quantitative estimate of drug-likeness (QED) is 0.907. The molecule has 0 unspecified atom stereocenters. The van der Waals surface area contributed by atoms with Crippen molar-refractivity contribution < 1.29 is 0 Å². The maximum Gasteiger partial charge on any atom is 0.271 e. The van der Waals surface area contributed by atoms with Gasteiger partial charge in [-0.05, 0) is 31.4 Å². The van der Waals surface area contributed by atoms with Crippen LogP contribution in [0.3, 0.4) is 0 Å². The van der Waals surface area contributed by atoms with Crippen molar-refractivity contribution in [2.24, 2.45) is 4.99 Å². The van der Waals surface area contributed by atoms with Gasteiger partial charge in [-0.2, -0.15) is 0 Å². The number of aromatic nitrogens is 3. The molecule has 3 heterocycles. The summed E-state index contributed by atoms with van der Waals surface area (Å²) in [4.78, 5) is 21.6. The lowest BCUT2D eigenvalue weighted by Gasteiger charge is -2.26. The van der Waals surface area contributed by atoms with Crippen LogP contribution in [0.15, 0.2) is 34.3 Å². The fourth-order valence-electron chi connectivity index (χ4n) is 3.58. The summed E-state index contributed by atoms with van der Waals surface area (Å²) in [5.74, 6) is 0.826. The molecule has 5 nitrogen and oxygen atoms in total. The van der Waals surface area contributed by atoms with E-state index in [2.05, 4.69) is 10.1 Å². The summed E-state index contributed by atoms with van der Waals surface area (Å²) in [6.07, 6.45) is 9.59. The van der Waals surface area contributed by atoms with E-state index in [1.165, 1.54) is 19.3 Å². The number of hydrogen-bond acceptors (Lipinski definition) is 4. The fraction of sp³-hybridized carbons (Fsp3) is 0.471. The lowest BCUT2D eigenvalue weighted by atomic mass is 9.95. The molecule has 23 heavy (non-hydrogen) atoms. The summed E-state index contributed by atoms with van der Waals surface area (Å²) >= 11 is 1.63. The average Bonchev–Trinajstić information content (AvgIpc) is 2.92. The molecular weight excluding hydrogens is 308 g/mol. The zero-order chi connectivity index (χ0) is 15.8. The van der Waals surface area contributed by atoms with Crippen LogP contribution in [0.25, 0.3) is 0 Å². The first-order valence-electron chi connectivity index (χ1n) is 8.20. The Kier molecular flexibility index (Phi) is 3.85. The molecule has 4 rings (SSSR count). The Morgan fingerprint density at radius 3 is 2.87 bits per heavy atom. The molecule has 1 aliphatic heterocycles. The second-order valence-corrected chi connectivity index (χ2v) is 7.55. The first kappa shape index (κ1) is 14.8. The highest BCUT2D eigenvalue weighted by Crippen LogP contribution is 2.44. The second kappa shape index (κ2) is 6.00. The number of nitrogens with zero attached hydrogens (tertiary/aromatic N) is 3. The number of aromatic amines is 1. The van der Waals surface area contributed by atoms with Gasteiger partial charge in [0, 0.05) is 12.4 Å². The zero-order valence-electron chi connectivity index (χ0n) is 13.2. The van der Waals surface area contributed by atoms with Crippen molar-refractivity contribution in [1.82, 2.24) is 14.8 Å². The van der Waals surface area contributed by atoms with Gasteiger partial charge in [-0.15, -0.1) is 0 Å². The Labute approximate surface area is 139 Å². The third-order valence-electron chi connectivity index (χ3n) is 4.68. The highest BCUT2D eigenvalue weighted by Gasteiger charge is 2.32. The minimum absolute atomic E-state index is 0.0109. The Bertz CT molecular complexity index is 787. The molecule has 2 aromatic heterocycles. The van der Waals surface area contributed by atoms with Crippen molar-refractivity contribution in [3.8, 4) is 0 Å². The molecule has 0 aromatic carbocycles. The van der Waals surface area contributed by atoms with Gasteiger partial charge in [-0.1, -0.05) is 37.1 Å². The number of H-pyrrole nitrogens is 1. The molecule has 0 radical (unpaired) electrons. The van der Waals surface area contributed by atoms with E-state index in [0.717, 1.165) is 34.8 Å². The van der Waals surface area contributed by atoms with Crippen LogP contribution in [0.2, 0.25) is 0 Å². The van der Waals surface area contributed by atoms with Crippen molar-refractivity contribution in [3.05, 3.63) is 46.0 Å². The largest absolute Gasteiger partial charge is 0.271 e. The number of thioether (sulfide) groups is 1. The fourth-order valence-corrected chi connectivity index (χ4v) is 4.66. The minimum Gasteiger partial charge on any atom is -0.268 e. The van der Waals surface area contributed by atoms with E-state index in [4.69, 9.17) is 4.99 Å². The van der Waals surface area contributed by atoms with Gasteiger partial charge in [0.15, 0.2) is 5.82 Å². The Hall–Kier alpha value is -1.82. The van der Waals surface area contributed by atoms with Gasteiger partial charge in [0.05, 0.1) is 21.9 Å². The number of fused-ring (bicyclic) bond motifs is 1. The van der Waals surface area contributed by atoms with Crippen molar-refractivity contribution in [3.63, 3.8) is 0 Å². The highest BCUT2D eigenvalue weighted by atomic mass is 32.2. The topological polar surface area (TPSA) is 63.0 Å². The van der Waals surface area contributed by atoms with Gasteiger partial charge in [0.25, 0.3) is 5.56 Å². The molecular formula is C17H20N4OS. The van der Waals surface area contributed by atoms with Gasteiger partial charge in [0.1, 0.15) is 0 Å². The summed E-state index contributed by atoms with van der Waals surface area (Å²) in [6, 6.07) is 4.32. The average molecular weight is 328 g/mol. The molecule has 1 N–H and O–H groups in total. The minimum atomic E-state index is -0.0233. The van der Waals surface area contributed by atoms with Gasteiger partial charge in [0.2, 0.25) is 0 Å². The van der Waals surface area contributed by atoms with Crippen LogP contribution >= 0.6 is 11.8 Å². The predicted octanol–water partition coefficient (Wildman–Crippen LogP) is 3.96. The monoisotopic (exact) mass is 328 g/mol. The van der Waals surface area contributed by atoms with E-state index in [1.54, 1.807) is 18.0 Å². The smallest absolute Gasteiger partial charge is 0.268 e. The lowest BCUT2D eigenvalue weighted by molar-refractivity contribution is 0.331. The van der Waals surface area contributed by atoms with Crippen LogP contribution in [0.1, 0.15) is 61.4 Å². The van der Waals surface area contributed by atoms with Crippen molar-refractivity contribution >= 4 is 22.6 Å². The summed E-state index contributed by atoms with van der Waals surface area (Å²) in [7, 11) is 0. The summed E-state index contributed by atoms with van der Waals surface area (Å²) in [6.45, 7) is 2.01. The molecule has 6 heteroatoms. The molecule has 0 bridgehead atoms. The summed E-state index contributed by atoms with van der Waals surface area (Å²) in [5, 5.41) is 4.04. The number of rotatable bonds is 2. The van der Waals surface area contributed by atoms with Crippen LogP contribution in [-0.2, 0) is 0 Å². The molecule has 0 spiro atoms. The Morgan fingerprint density at radius 2 is 2.13 bits per heavy atom. The van der Waals surface area contributed by atoms with E-state index in [0.29, 0.717) is 6.04 Å². The van der Waals surface area contributed by atoms with Gasteiger partial charge < -0.3 is 0 Å². The molecule has 1 fully saturated rings. The van der Waals surface area contributed by atoms with Gasteiger partial charge in [-0.3, -0.25) is 19.6 Å². The van der Waals surface area contributed by atoms with E-state index in [-0.39, 0.29) is 10.8 Å². The predicted molar refractivity (Wildman–Crippen MR) is 93.6 cm³/mol. The Balaban J connectivity index is 1.82. The molecule has 2 aromatic rings. The normalized spacial score (nSPS) is 21.8. The second-order valence-electron chi connectivity index (χ2n) is 6.26. The molecule has 1 saturated carbocycles. The number of nitrogens with one attached hydrogen (secondary N) is 1. The van der Waals surface area contributed by atoms with Crippen LogP contribution in [0.5, 0.6) is 0 Å². The Morgan fingerprint density at radius 1 is 1.30 bits per heavy atom. The van der Waals surface area contributed by atoms with Crippen molar-refractivity contribution in [1.29, 1.82) is 0 Å². The van der Waals surface area contributed by atoms with E-state index < -0.39 is 0 Å². The number of hydrogen-bond donors (Lipinski definition) is 1. The molecule has 120 valence electrons. The third-order valence-corrected chi connectivity index (χ3v) is 5.85. The summed E-state index contributed by atoms with van der Waals surface area (Å²) in [5.41, 5.74) is 1.82. The number of aliphatic imine (C=N–C) groups is 1. The maximum atomic E-state index is 12.6.